The molecular formula is C15H14Br2O2. The number of aliphatic hydroxyl groups is 1. The second-order valence-corrected chi connectivity index (χ2v) is 6.11. The molecule has 0 aromatic heterocycles. The summed E-state index contributed by atoms with van der Waals surface area (Å²) in [7, 11) is 0. The molecule has 0 unspecified atom stereocenters. The highest BCUT2D eigenvalue weighted by Gasteiger charge is 2.09. The number of aryl methyl sites for hydroxylation is 1. The van der Waals surface area contributed by atoms with Crippen molar-refractivity contribution in [3.8, 4) is 11.5 Å². The lowest BCUT2D eigenvalue weighted by atomic mass is 10.1. The third-order valence-electron chi connectivity index (χ3n) is 2.75. The minimum atomic E-state index is -0.489. The number of rotatable bonds is 3. The highest BCUT2D eigenvalue weighted by atomic mass is 79.9. The molecule has 0 saturated heterocycles. The molecule has 0 bridgehead atoms. The fourth-order valence-corrected chi connectivity index (χ4v) is 2.72. The van der Waals surface area contributed by atoms with Gasteiger partial charge in [0.25, 0.3) is 0 Å². The van der Waals surface area contributed by atoms with Gasteiger partial charge >= 0.3 is 0 Å². The van der Waals surface area contributed by atoms with Crippen molar-refractivity contribution in [1.29, 1.82) is 0 Å². The van der Waals surface area contributed by atoms with Crippen LogP contribution in [0.5, 0.6) is 11.5 Å². The van der Waals surface area contributed by atoms with Crippen LogP contribution < -0.4 is 4.74 Å². The van der Waals surface area contributed by atoms with Crippen LogP contribution in [0.4, 0.5) is 0 Å². The monoisotopic (exact) mass is 384 g/mol. The van der Waals surface area contributed by atoms with Crippen molar-refractivity contribution in [1.82, 2.24) is 0 Å². The molecule has 0 aliphatic heterocycles. The van der Waals surface area contributed by atoms with Crippen LogP contribution in [0.2, 0.25) is 0 Å². The van der Waals surface area contributed by atoms with Crippen molar-refractivity contribution in [2.45, 2.75) is 20.0 Å². The highest BCUT2D eigenvalue weighted by molar-refractivity contribution is 9.11. The van der Waals surface area contributed by atoms with Gasteiger partial charge in [0.1, 0.15) is 11.5 Å². The Morgan fingerprint density at radius 1 is 1.00 bits per heavy atom. The maximum Gasteiger partial charge on any atom is 0.141 e. The number of halogens is 2. The van der Waals surface area contributed by atoms with Gasteiger partial charge < -0.3 is 9.84 Å². The first-order valence-electron chi connectivity index (χ1n) is 5.89. The maximum absolute atomic E-state index is 9.53. The molecule has 0 aliphatic rings. The van der Waals surface area contributed by atoms with Gasteiger partial charge in [0.15, 0.2) is 0 Å². The fraction of sp³-hybridized carbons (Fsp3) is 0.200. The fourth-order valence-electron chi connectivity index (χ4n) is 1.67. The Morgan fingerprint density at radius 3 is 2.11 bits per heavy atom. The maximum atomic E-state index is 9.53. The first-order chi connectivity index (χ1) is 8.97. The SMILES string of the molecule is Cc1ccc(Oc2ccc([C@@H](C)O)cc2Br)c(Br)c1. The van der Waals surface area contributed by atoms with Crippen LogP contribution in [0.3, 0.4) is 0 Å². The molecule has 0 radical (unpaired) electrons. The highest BCUT2D eigenvalue weighted by Crippen LogP contribution is 2.35. The standard InChI is InChI=1S/C15H14Br2O2/c1-9-3-5-14(12(16)7-9)19-15-6-4-11(10(2)18)8-13(15)17/h3-8,10,18H,1-2H3/t10-/m1/s1. The van der Waals surface area contributed by atoms with E-state index in [1.54, 1.807) is 6.92 Å². The van der Waals surface area contributed by atoms with Gasteiger partial charge in [-0.15, -0.1) is 0 Å². The van der Waals surface area contributed by atoms with Gasteiger partial charge in [0.2, 0.25) is 0 Å². The Balaban J connectivity index is 2.28. The Hall–Kier alpha value is -0.840. The smallest absolute Gasteiger partial charge is 0.141 e. The summed E-state index contributed by atoms with van der Waals surface area (Å²) in [5.74, 6) is 1.48. The minimum Gasteiger partial charge on any atom is -0.455 e. The van der Waals surface area contributed by atoms with Crippen molar-refractivity contribution in [2.24, 2.45) is 0 Å². The summed E-state index contributed by atoms with van der Waals surface area (Å²) in [6.45, 7) is 3.76. The lowest BCUT2D eigenvalue weighted by molar-refractivity contribution is 0.199. The molecule has 2 nitrogen and oxygen atoms in total. The van der Waals surface area contributed by atoms with Crippen LogP contribution in [-0.2, 0) is 0 Å². The van der Waals surface area contributed by atoms with E-state index in [2.05, 4.69) is 31.9 Å². The topological polar surface area (TPSA) is 29.5 Å². The number of hydrogen-bond acceptors (Lipinski definition) is 2. The van der Waals surface area contributed by atoms with Crippen molar-refractivity contribution in [3.63, 3.8) is 0 Å². The predicted octanol–water partition coefficient (Wildman–Crippen LogP) is 5.37. The Labute approximate surface area is 129 Å². The normalized spacial score (nSPS) is 12.3. The number of aliphatic hydroxyl groups excluding tert-OH is 1. The summed E-state index contributed by atoms with van der Waals surface area (Å²) in [6.07, 6.45) is -0.489. The van der Waals surface area contributed by atoms with E-state index >= 15 is 0 Å². The third kappa shape index (κ3) is 3.59. The summed E-state index contributed by atoms with van der Waals surface area (Å²) in [6, 6.07) is 11.5. The van der Waals surface area contributed by atoms with Gasteiger partial charge in [0.05, 0.1) is 15.0 Å². The van der Waals surface area contributed by atoms with Crippen molar-refractivity contribution in [2.75, 3.05) is 0 Å². The van der Waals surface area contributed by atoms with E-state index in [0.717, 1.165) is 20.3 Å². The molecule has 0 aliphatic carbocycles. The molecule has 0 spiro atoms. The zero-order chi connectivity index (χ0) is 14.0. The summed E-state index contributed by atoms with van der Waals surface area (Å²) in [5, 5.41) is 9.53. The molecule has 4 heteroatoms. The first-order valence-corrected chi connectivity index (χ1v) is 7.47. The third-order valence-corrected chi connectivity index (χ3v) is 3.99. The summed E-state index contributed by atoms with van der Waals surface area (Å²) in [5.41, 5.74) is 2.02. The molecule has 1 atom stereocenters. The summed E-state index contributed by atoms with van der Waals surface area (Å²) >= 11 is 6.95. The molecule has 0 heterocycles. The Kier molecular flexibility index (Phi) is 4.66. The Bertz CT molecular complexity index is 595. The van der Waals surface area contributed by atoms with Gasteiger partial charge in [-0.2, -0.15) is 0 Å². The Morgan fingerprint density at radius 2 is 1.58 bits per heavy atom. The summed E-state index contributed by atoms with van der Waals surface area (Å²) in [4.78, 5) is 0. The molecule has 19 heavy (non-hydrogen) atoms. The molecule has 1 N–H and O–H groups in total. The number of benzene rings is 2. The van der Waals surface area contributed by atoms with Gasteiger partial charge in [-0.25, -0.2) is 0 Å². The van der Waals surface area contributed by atoms with Crippen molar-refractivity contribution < 1.29 is 9.84 Å². The van der Waals surface area contributed by atoms with E-state index < -0.39 is 6.10 Å². The van der Waals surface area contributed by atoms with E-state index in [0.29, 0.717) is 5.75 Å². The van der Waals surface area contributed by atoms with Crippen molar-refractivity contribution >= 4 is 31.9 Å². The molecule has 100 valence electrons. The molecule has 0 amide bonds. The minimum absolute atomic E-state index is 0.489. The molecule has 2 aromatic rings. The van der Waals surface area contributed by atoms with E-state index in [1.807, 2.05) is 43.3 Å². The molecule has 2 rings (SSSR count). The molecular weight excluding hydrogens is 372 g/mol. The van der Waals surface area contributed by atoms with E-state index in [1.165, 1.54) is 5.56 Å². The van der Waals surface area contributed by atoms with Crippen LogP contribution in [-0.4, -0.2) is 5.11 Å². The predicted molar refractivity (Wildman–Crippen MR) is 83.7 cm³/mol. The van der Waals surface area contributed by atoms with Crippen LogP contribution >= 0.6 is 31.9 Å². The van der Waals surface area contributed by atoms with Gasteiger partial charge in [-0.1, -0.05) is 12.1 Å². The van der Waals surface area contributed by atoms with Gasteiger partial charge in [-0.3, -0.25) is 0 Å². The number of ether oxygens (including phenoxy) is 1. The van der Waals surface area contributed by atoms with E-state index in [-0.39, 0.29) is 0 Å². The zero-order valence-electron chi connectivity index (χ0n) is 10.7. The van der Waals surface area contributed by atoms with Crippen LogP contribution in [0.15, 0.2) is 45.3 Å². The largest absolute Gasteiger partial charge is 0.455 e. The average Bonchev–Trinajstić information content (AvgIpc) is 2.34. The second kappa shape index (κ2) is 6.07. The first kappa shape index (κ1) is 14.6. The lowest BCUT2D eigenvalue weighted by Crippen LogP contribution is -1.93. The average molecular weight is 386 g/mol. The van der Waals surface area contributed by atoms with E-state index in [4.69, 9.17) is 4.74 Å². The number of hydrogen-bond donors (Lipinski definition) is 1. The van der Waals surface area contributed by atoms with Gasteiger partial charge in [0, 0.05) is 0 Å². The van der Waals surface area contributed by atoms with Crippen molar-refractivity contribution in [3.05, 3.63) is 56.5 Å². The molecule has 0 fully saturated rings. The van der Waals surface area contributed by atoms with Crippen LogP contribution in [0, 0.1) is 6.92 Å². The lowest BCUT2D eigenvalue weighted by Gasteiger charge is -2.12. The zero-order valence-corrected chi connectivity index (χ0v) is 13.8. The van der Waals surface area contributed by atoms with Crippen LogP contribution in [0.1, 0.15) is 24.2 Å². The molecule has 0 saturated carbocycles. The van der Waals surface area contributed by atoms with Crippen LogP contribution in [0.25, 0.3) is 0 Å². The molecule has 2 aromatic carbocycles. The van der Waals surface area contributed by atoms with E-state index in [9.17, 15) is 5.11 Å². The summed E-state index contributed by atoms with van der Waals surface area (Å²) < 4.78 is 7.59. The quantitative estimate of drug-likeness (QED) is 0.769. The van der Waals surface area contributed by atoms with Gasteiger partial charge in [-0.05, 0) is 81.1 Å². The second-order valence-electron chi connectivity index (χ2n) is 4.40.